The Hall–Kier alpha value is -2.82. The number of hydrogen-bond acceptors (Lipinski definition) is 7. The molecule has 37 heavy (non-hydrogen) atoms. The van der Waals surface area contributed by atoms with Gasteiger partial charge in [-0.1, -0.05) is 29.3 Å². The predicted octanol–water partition coefficient (Wildman–Crippen LogP) is 3.14. The summed E-state index contributed by atoms with van der Waals surface area (Å²) in [7, 11) is 0. The molecule has 2 saturated heterocycles. The number of nitrogens with zero attached hydrogens (tertiary/aromatic N) is 4. The fourth-order valence-electron chi connectivity index (χ4n) is 4.70. The number of nitrogens with two attached hydrogens (primary N) is 1. The Morgan fingerprint density at radius 2 is 1.92 bits per heavy atom. The summed E-state index contributed by atoms with van der Waals surface area (Å²) in [6, 6.07) is 13.3. The molecule has 0 unspecified atom stereocenters. The molecule has 2 aliphatic heterocycles. The van der Waals surface area contributed by atoms with Crippen LogP contribution in [0.1, 0.15) is 5.56 Å². The van der Waals surface area contributed by atoms with E-state index in [4.69, 9.17) is 43.1 Å². The van der Waals surface area contributed by atoms with Crippen LogP contribution >= 0.6 is 23.2 Å². The van der Waals surface area contributed by atoms with E-state index >= 15 is 0 Å². The van der Waals surface area contributed by atoms with Gasteiger partial charge in [-0.05, 0) is 36.4 Å². The summed E-state index contributed by atoms with van der Waals surface area (Å²) < 4.78 is 20.6. The van der Waals surface area contributed by atoms with Crippen LogP contribution in [0, 0.1) is 0 Å². The number of hydrogen-bond donors (Lipinski definition) is 1. The lowest BCUT2D eigenvalue weighted by Crippen LogP contribution is -2.48. The van der Waals surface area contributed by atoms with Crippen molar-refractivity contribution in [2.75, 3.05) is 50.8 Å². The van der Waals surface area contributed by atoms with Gasteiger partial charge < -0.3 is 29.4 Å². The van der Waals surface area contributed by atoms with Gasteiger partial charge in [-0.3, -0.25) is 9.69 Å². The second-order valence-electron chi connectivity index (χ2n) is 9.20. The average Bonchev–Trinajstić information content (AvgIpc) is 3.54. The molecule has 5 rings (SSSR count). The van der Waals surface area contributed by atoms with Gasteiger partial charge in [-0.2, -0.15) is 0 Å². The monoisotopic (exact) mass is 545 g/mol. The van der Waals surface area contributed by atoms with Crippen LogP contribution in [-0.2, 0) is 26.6 Å². The molecule has 0 aliphatic carbocycles. The Balaban J connectivity index is 1.20. The molecule has 2 aliphatic rings. The van der Waals surface area contributed by atoms with Crippen molar-refractivity contribution in [3.05, 3.63) is 76.8 Å². The Labute approximate surface area is 225 Å². The minimum Gasteiger partial charge on any atom is -0.491 e. The molecule has 9 nitrogen and oxygen atoms in total. The topological polar surface area (TPSA) is 95.1 Å². The minimum atomic E-state index is -1.09. The zero-order chi connectivity index (χ0) is 25.8. The van der Waals surface area contributed by atoms with Gasteiger partial charge in [0.05, 0.1) is 31.0 Å². The van der Waals surface area contributed by atoms with Gasteiger partial charge in [0.15, 0.2) is 0 Å². The van der Waals surface area contributed by atoms with Gasteiger partial charge in [0.1, 0.15) is 18.5 Å². The van der Waals surface area contributed by atoms with Crippen LogP contribution in [0.2, 0.25) is 10.0 Å². The lowest BCUT2D eigenvalue weighted by molar-refractivity contribution is -0.189. The number of primary amides is 1. The molecular weight excluding hydrogens is 517 g/mol. The number of carbonyl (C=O) groups excluding carboxylic acids is 1. The van der Waals surface area contributed by atoms with Crippen LogP contribution in [0.4, 0.5) is 5.69 Å². The third-order valence-electron chi connectivity index (χ3n) is 6.54. The molecule has 3 aromatic rings. The number of halogens is 2. The van der Waals surface area contributed by atoms with Crippen LogP contribution in [0.15, 0.2) is 61.2 Å². The van der Waals surface area contributed by atoms with E-state index < -0.39 is 5.79 Å². The van der Waals surface area contributed by atoms with Gasteiger partial charge in [-0.15, -0.1) is 0 Å². The zero-order valence-electron chi connectivity index (χ0n) is 20.3. The number of amides is 1. The first-order valence-electron chi connectivity index (χ1n) is 12.1. The molecule has 0 spiro atoms. The molecule has 196 valence electrons. The van der Waals surface area contributed by atoms with Crippen LogP contribution in [0.3, 0.4) is 0 Å². The SMILES string of the molecule is NC(=O)CN1CCN(c2ccc(OC[C@@H]3CO[C@@](Cn4ccnc4)(c4ccc(Cl)cc4Cl)O3)cc2)CC1. The average molecular weight is 546 g/mol. The van der Waals surface area contributed by atoms with Gasteiger partial charge in [0.2, 0.25) is 11.7 Å². The van der Waals surface area contributed by atoms with Gasteiger partial charge >= 0.3 is 0 Å². The standard InChI is InChI=1S/C26H29Cl2N5O4/c27-19-1-6-23(24(28)13-19)26(17-32-8-7-30-18-32)36-16-22(37-26)15-35-21-4-2-20(3-5-21)33-11-9-31(10-12-33)14-25(29)34/h1-8,13,18,22H,9-12,14-17H2,(H2,29,34)/t22-,26-/m1/s1. The number of imidazole rings is 1. The number of ether oxygens (including phenoxy) is 3. The number of aromatic nitrogens is 2. The second-order valence-corrected chi connectivity index (χ2v) is 10.0. The van der Waals surface area contributed by atoms with E-state index in [9.17, 15) is 4.79 Å². The molecule has 0 bridgehead atoms. The summed E-state index contributed by atoms with van der Waals surface area (Å²) in [5, 5.41) is 1.01. The number of rotatable bonds is 9. The van der Waals surface area contributed by atoms with Crippen molar-refractivity contribution in [2.45, 2.75) is 18.4 Å². The summed E-state index contributed by atoms with van der Waals surface area (Å²) in [5.74, 6) is -0.630. The van der Waals surface area contributed by atoms with Crippen LogP contribution in [0.5, 0.6) is 5.75 Å². The molecule has 1 aromatic heterocycles. The summed E-state index contributed by atoms with van der Waals surface area (Å²) in [4.78, 5) is 19.6. The molecule has 3 heterocycles. The highest BCUT2D eigenvalue weighted by Crippen LogP contribution is 2.40. The van der Waals surface area contributed by atoms with Crippen molar-refractivity contribution >= 4 is 34.8 Å². The molecule has 2 aromatic carbocycles. The lowest BCUT2D eigenvalue weighted by Gasteiger charge is -2.35. The van der Waals surface area contributed by atoms with Crippen molar-refractivity contribution in [1.82, 2.24) is 14.5 Å². The fraction of sp³-hybridized carbons (Fsp3) is 0.385. The minimum absolute atomic E-state index is 0.290. The molecular formula is C26H29Cl2N5O4. The van der Waals surface area contributed by atoms with Crippen LogP contribution in [-0.4, -0.2) is 72.4 Å². The van der Waals surface area contributed by atoms with Gasteiger partial charge in [-0.25, -0.2) is 4.98 Å². The number of piperazine rings is 1. The van der Waals surface area contributed by atoms with Crippen LogP contribution in [0.25, 0.3) is 0 Å². The smallest absolute Gasteiger partial charge is 0.231 e. The zero-order valence-corrected chi connectivity index (χ0v) is 21.8. The first-order chi connectivity index (χ1) is 17.9. The Morgan fingerprint density at radius 1 is 1.14 bits per heavy atom. The number of benzene rings is 2. The summed E-state index contributed by atoms with van der Waals surface area (Å²) in [5.41, 5.74) is 7.12. The maximum atomic E-state index is 11.1. The molecule has 2 N–H and O–H groups in total. The summed E-state index contributed by atoms with van der Waals surface area (Å²) in [6.07, 6.45) is 4.97. The largest absolute Gasteiger partial charge is 0.491 e. The highest BCUT2D eigenvalue weighted by Gasteiger charge is 2.45. The van der Waals surface area contributed by atoms with E-state index in [0.29, 0.717) is 41.9 Å². The van der Waals surface area contributed by atoms with E-state index in [1.807, 2.05) is 41.1 Å². The highest BCUT2D eigenvalue weighted by atomic mass is 35.5. The maximum Gasteiger partial charge on any atom is 0.231 e. The van der Waals surface area contributed by atoms with E-state index in [-0.39, 0.29) is 12.0 Å². The molecule has 0 saturated carbocycles. The van der Waals surface area contributed by atoms with Crippen molar-refractivity contribution in [1.29, 1.82) is 0 Å². The van der Waals surface area contributed by atoms with Crippen molar-refractivity contribution in [2.24, 2.45) is 5.73 Å². The van der Waals surface area contributed by atoms with Crippen LogP contribution < -0.4 is 15.4 Å². The highest BCUT2D eigenvalue weighted by molar-refractivity contribution is 6.35. The Kier molecular flexibility index (Phi) is 7.87. The molecule has 0 radical (unpaired) electrons. The predicted molar refractivity (Wildman–Crippen MR) is 141 cm³/mol. The fourth-order valence-corrected chi connectivity index (χ4v) is 5.25. The maximum absolute atomic E-state index is 11.1. The molecule has 2 fully saturated rings. The van der Waals surface area contributed by atoms with E-state index in [1.54, 1.807) is 24.7 Å². The quantitative estimate of drug-likeness (QED) is 0.441. The van der Waals surface area contributed by atoms with E-state index in [1.165, 1.54) is 0 Å². The lowest BCUT2D eigenvalue weighted by atomic mass is 10.1. The summed E-state index contributed by atoms with van der Waals surface area (Å²) in [6.45, 7) is 4.65. The van der Waals surface area contributed by atoms with E-state index in [2.05, 4.69) is 14.8 Å². The number of carbonyl (C=O) groups is 1. The second kappa shape index (κ2) is 11.3. The number of anilines is 1. The van der Waals surface area contributed by atoms with Gasteiger partial charge in [0, 0.05) is 54.8 Å². The first-order valence-corrected chi connectivity index (χ1v) is 12.9. The first kappa shape index (κ1) is 25.8. The van der Waals surface area contributed by atoms with Crippen molar-refractivity contribution in [3.63, 3.8) is 0 Å². The van der Waals surface area contributed by atoms with Gasteiger partial charge in [0.25, 0.3) is 0 Å². The molecule has 1 amide bonds. The Bertz CT molecular complexity index is 1200. The van der Waals surface area contributed by atoms with Crippen molar-refractivity contribution in [3.8, 4) is 5.75 Å². The summed E-state index contributed by atoms with van der Waals surface area (Å²) >= 11 is 12.7. The molecule has 11 heteroatoms. The molecule has 2 atom stereocenters. The third-order valence-corrected chi connectivity index (χ3v) is 7.09. The third kappa shape index (κ3) is 6.19. The Morgan fingerprint density at radius 3 is 2.59 bits per heavy atom. The normalized spacial score (nSPS) is 22.3. The van der Waals surface area contributed by atoms with Crippen molar-refractivity contribution < 1.29 is 19.0 Å². The van der Waals surface area contributed by atoms with E-state index in [0.717, 1.165) is 37.6 Å².